The Bertz CT molecular complexity index is 401. The van der Waals surface area contributed by atoms with Crippen molar-refractivity contribution in [3.8, 4) is 6.07 Å². The van der Waals surface area contributed by atoms with Gasteiger partial charge in [-0.2, -0.15) is 5.26 Å². The SMILES string of the molecule is CNC(C)(C#N)CC(C)Sc1ccc(Cl)cn1. The molecular weight excluding hydrogens is 254 g/mol. The lowest BCUT2D eigenvalue weighted by Gasteiger charge is -2.24. The van der Waals surface area contributed by atoms with Crippen LogP contribution in [0.1, 0.15) is 20.3 Å². The minimum Gasteiger partial charge on any atom is -0.303 e. The molecule has 1 rings (SSSR count). The molecule has 0 bridgehead atoms. The Kier molecular flexibility index (Phi) is 5.26. The smallest absolute Gasteiger partial charge is 0.104 e. The Labute approximate surface area is 112 Å². The first-order chi connectivity index (χ1) is 7.99. The zero-order valence-electron chi connectivity index (χ0n) is 10.2. The van der Waals surface area contributed by atoms with Gasteiger partial charge < -0.3 is 5.32 Å². The average Bonchev–Trinajstić information content (AvgIpc) is 2.32. The van der Waals surface area contributed by atoms with E-state index in [-0.39, 0.29) is 0 Å². The standard InChI is InChI=1S/C12H16ClN3S/c1-9(6-12(2,8-14)15-3)17-11-5-4-10(13)7-16-11/h4-5,7,9,15H,6H2,1-3H3. The summed E-state index contributed by atoms with van der Waals surface area (Å²) in [5, 5.41) is 14.0. The Hall–Kier alpha value is -0.760. The highest BCUT2D eigenvalue weighted by atomic mass is 35.5. The summed E-state index contributed by atoms with van der Waals surface area (Å²) in [5.41, 5.74) is -0.487. The first-order valence-electron chi connectivity index (χ1n) is 5.37. The van der Waals surface area contributed by atoms with Gasteiger partial charge in [0, 0.05) is 11.4 Å². The van der Waals surface area contributed by atoms with Gasteiger partial charge in [-0.1, -0.05) is 18.5 Å². The summed E-state index contributed by atoms with van der Waals surface area (Å²) in [4.78, 5) is 4.23. The van der Waals surface area contributed by atoms with E-state index in [1.165, 1.54) is 0 Å². The number of halogens is 1. The van der Waals surface area contributed by atoms with Gasteiger partial charge in [0.1, 0.15) is 5.54 Å². The highest BCUT2D eigenvalue weighted by Gasteiger charge is 2.24. The van der Waals surface area contributed by atoms with Gasteiger partial charge in [0.2, 0.25) is 0 Å². The second-order valence-corrected chi connectivity index (χ2v) is 6.04. The minimum absolute atomic E-state index is 0.306. The van der Waals surface area contributed by atoms with Gasteiger partial charge in [-0.25, -0.2) is 4.98 Å². The van der Waals surface area contributed by atoms with Crippen molar-refractivity contribution in [3.63, 3.8) is 0 Å². The van der Waals surface area contributed by atoms with Crippen LogP contribution in [-0.4, -0.2) is 22.8 Å². The van der Waals surface area contributed by atoms with Gasteiger partial charge in [0.25, 0.3) is 0 Å². The molecule has 0 saturated heterocycles. The van der Waals surface area contributed by atoms with Crippen molar-refractivity contribution in [1.29, 1.82) is 5.26 Å². The summed E-state index contributed by atoms with van der Waals surface area (Å²) in [7, 11) is 1.81. The second-order valence-electron chi connectivity index (χ2n) is 4.14. The number of thioether (sulfide) groups is 1. The number of hydrogen-bond donors (Lipinski definition) is 1. The topological polar surface area (TPSA) is 48.7 Å². The zero-order valence-corrected chi connectivity index (χ0v) is 11.8. The molecule has 0 amide bonds. The third-order valence-electron chi connectivity index (χ3n) is 2.52. The molecule has 5 heteroatoms. The van der Waals surface area contributed by atoms with Crippen molar-refractivity contribution < 1.29 is 0 Å². The number of aromatic nitrogens is 1. The molecule has 1 aromatic heterocycles. The molecule has 0 aliphatic carbocycles. The third-order valence-corrected chi connectivity index (χ3v) is 3.79. The number of pyridine rings is 1. The maximum atomic E-state index is 9.08. The Morgan fingerprint density at radius 3 is 2.82 bits per heavy atom. The lowest BCUT2D eigenvalue weighted by Crippen LogP contribution is -2.40. The molecule has 0 saturated carbocycles. The van der Waals surface area contributed by atoms with E-state index >= 15 is 0 Å². The van der Waals surface area contributed by atoms with Crippen LogP contribution in [0.25, 0.3) is 0 Å². The highest BCUT2D eigenvalue weighted by Crippen LogP contribution is 2.27. The number of rotatable bonds is 5. The first kappa shape index (κ1) is 14.3. The molecule has 0 radical (unpaired) electrons. The van der Waals surface area contributed by atoms with E-state index in [9.17, 15) is 0 Å². The van der Waals surface area contributed by atoms with Crippen LogP contribution in [-0.2, 0) is 0 Å². The quantitative estimate of drug-likeness (QED) is 0.835. The second kappa shape index (κ2) is 6.25. The molecule has 1 aromatic rings. The van der Waals surface area contributed by atoms with E-state index in [1.54, 1.807) is 25.0 Å². The van der Waals surface area contributed by atoms with E-state index in [1.807, 2.05) is 19.1 Å². The van der Waals surface area contributed by atoms with Gasteiger partial charge in [-0.15, -0.1) is 11.8 Å². The molecule has 2 unspecified atom stereocenters. The van der Waals surface area contributed by atoms with E-state index in [2.05, 4.69) is 23.3 Å². The number of hydrogen-bond acceptors (Lipinski definition) is 4. The predicted molar refractivity (Wildman–Crippen MR) is 72.3 cm³/mol. The summed E-state index contributed by atoms with van der Waals surface area (Å²) >= 11 is 7.42. The summed E-state index contributed by atoms with van der Waals surface area (Å²) < 4.78 is 0. The molecule has 0 aromatic carbocycles. The molecule has 3 nitrogen and oxygen atoms in total. The highest BCUT2D eigenvalue weighted by molar-refractivity contribution is 7.99. The summed E-state index contributed by atoms with van der Waals surface area (Å²) in [6, 6.07) is 6.01. The summed E-state index contributed by atoms with van der Waals surface area (Å²) in [6.45, 7) is 3.99. The van der Waals surface area contributed by atoms with Gasteiger partial charge in [0.05, 0.1) is 16.1 Å². The molecule has 0 aliphatic rings. The van der Waals surface area contributed by atoms with Crippen molar-refractivity contribution in [2.24, 2.45) is 0 Å². The monoisotopic (exact) mass is 269 g/mol. The van der Waals surface area contributed by atoms with Crippen LogP contribution >= 0.6 is 23.4 Å². The first-order valence-corrected chi connectivity index (χ1v) is 6.63. The van der Waals surface area contributed by atoms with Crippen molar-refractivity contribution in [1.82, 2.24) is 10.3 Å². The number of nitrogens with zero attached hydrogens (tertiary/aromatic N) is 2. The minimum atomic E-state index is -0.487. The van der Waals surface area contributed by atoms with E-state index in [0.29, 0.717) is 10.3 Å². The lowest BCUT2D eigenvalue weighted by molar-refractivity contribution is 0.455. The molecule has 1 heterocycles. The fraction of sp³-hybridized carbons (Fsp3) is 0.500. The van der Waals surface area contributed by atoms with Crippen LogP contribution in [0.3, 0.4) is 0 Å². The maximum Gasteiger partial charge on any atom is 0.104 e. The molecule has 92 valence electrons. The number of nitriles is 1. The largest absolute Gasteiger partial charge is 0.303 e. The lowest BCUT2D eigenvalue weighted by atomic mass is 9.98. The average molecular weight is 270 g/mol. The molecule has 0 aliphatic heterocycles. The Morgan fingerprint density at radius 2 is 2.35 bits per heavy atom. The molecule has 17 heavy (non-hydrogen) atoms. The van der Waals surface area contributed by atoms with Crippen molar-refractivity contribution >= 4 is 23.4 Å². The van der Waals surface area contributed by atoms with Crippen LogP contribution in [0.15, 0.2) is 23.4 Å². The van der Waals surface area contributed by atoms with Gasteiger partial charge in [-0.3, -0.25) is 0 Å². The van der Waals surface area contributed by atoms with Crippen molar-refractivity contribution in [2.45, 2.75) is 36.1 Å². The third kappa shape index (κ3) is 4.55. The summed E-state index contributed by atoms with van der Waals surface area (Å²) in [5.74, 6) is 0. The fourth-order valence-electron chi connectivity index (χ4n) is 1.46. The normalized spacial score (nSPS) is 15.9. The number of nitrogens with one attached hydrogen (secondary N) is 1. The van der Waals surface area contributed by atoms with Crippen LogP contribution < -0.4 is 5.32 Å². The van der Waals surface area contributed by atoms with Gasteiger partial charge in [-0.05, 0) is 32.5 Å². The van der Waals surface area contributed by atoms with E-state index < -0.39 is 5.54 Å². The van der Waals surface area contributed by atoms with Crippen LogP contribution in [0.5, 0.6) is 0 Å². The molecule has 0 fully saturated rings. The fourth-order valence-corrected chi connectivity index (χ4v) is 2.66. The summed E-state index contributed by atoms with van der Waals surface area (Å²) in [6.07, 6.45) is 2.40. The maximum absolute atomic E-state index is 9.08. The van der Waals surface area contributed by atoms with Crippen LogP contribution in [0.2, 0.25) is 5.02 Å². The van der Waals surface area contributed by atoms with Crippen molar-refractivity contribution in [2.75, 3.05) is 7.05 Å². The zero-order chi connectivity index (χ0) is 12.9. The van der Waals surface area contributed by atoms with Crippen molar-refractivity contribution in [3.05, 3.63) is 23.4 Å². The molecular formula is C12H16ClN3S. The van der Waals surface area contributed by atoms with Crippen LogP contribution in [0.4, 0.5) is 0 Å². The van der Waals surface area contributed by atoms with Crippen LogP contribution in [0, 0.1) is 11.3 Å². The predicted octanol–water partition coefficient (Wildman–Crippen LogP) is 3.11. The van der Waals surface area contributed by atoms with E-state index in [0.717, 1.165) is 11.4 Å². The Morgan fingerprint density at radius 1 is 1.65 bits per heavy atom. The van der Waals surface area contributed by atoms with E-state index in [4.69, 9.17) is 16.9 Å². The molecule has 2 atom stereocenters. The molecule has 0 spiro atoms. The van der Waals surface area contributed by atoms with Gasteiger partial charge in [0.15, 0.2) is 0 Å². The molecule has 1 N–H and O–H groups in total. The Balaban J connectivity index is 2.58. The van der Waals surface area contributed by atoms with Gasteiger partial charge >= 0.3 is 0 Å².